The van der Waals surface area contributed by atoms with E-state index in [0.29, 0.717) is 19.0 Å². The van der Waals surface area contributed by atoms with Crippen LogP contribution in [-0.4, -0.2) is 30.6 Å². The molecule has 0 aliphatic heterocycles. The van der Waals surface area contributed by atoms with Gasteiger partial charge in [0.05, 0.1) is 13.2 Å². The number of hydrogen-bond donors (Lipinski definition) is 2. The Hall–Kier alpha value is -1.19. The molecule has 0 spiro atoms. The van der Waals surface area contributed by atoms with E-state index in [9.17, 15) is 4.79 Å². The molecule has 1 aromatic carbocycles. The van der Waals surface area contributed by atoms with E-state index in [2.05, 4.69) is 17.4 Å². The van der Waals surface area contributed by atoms with Gasteiger partial charge >= 0.3 is 0 Å². The Labute approximate surface area is 115 Å². The molecular weight excluding hydrogens is 238 g/mol. The van der Waals surface area contributed by atoms with Gasteiger partial charge < -0.3 is 10.4 Å². The lowest BCUT2D eigenvalue weighted by atomic mass is 9.84. The molecule has 0 heterocycles. The van der Waals surface area contributed by atoms with Crippen LogP contribution in [0.4, 0.5) is 0 Å². The molecule has 1 aromatic rings. The maximum absolute atomic E-state index is 11.9. The predicted molar refractivity (Wildman–Crippen MR) is 76.6 cm³/mol. The van der Waals surface area contributed by atoms with Crippen molar-refractivity contribution in [1.82, 2.24) is 5.32 Å². The molecule has 0 saturated heterocycles. The number of hydrogen-bond acceptors (Lipinski definition) is 3. The Kier molecular flexibility index (Phi) is 5.55. The van der Waals surface area contributed by atoms with Crippen LogP contribution in [0.2, 0.25) is 0 Å². The van der Waals surface area contributed by atoms with E-state index in [1.807, 2.05) is 12.1 Å². The van der Waals surface area contributed by atoms with Crippen molar-refractivity contribution in [1.29, 1.82) is 0 Å². The first-order chi connectivity index (χ1) is 9.31. The van der Waals surface area contributed by atoms with E-state index in [1.165, 1.54) is 37.7 Å². The smallest absolute Gasteiger partial charge is 0.176 e. The Morgan fingerprint density at radius 1 is 1.16 bits per heavy atom. The van der Waals surface area contributed by atoms with Crippen molar-refractivity contribution < 1.29 is 9.90 Å². The molecule has 104 valence electrons. The maximum atomic E-state index is 11.9. The molecule has 0 bridgehead atoms. The van der Waals surface area contributed by atoms with Gasteiger partial charge in [-0.2, -0.15) is 0 Å². The van der Waals surface area contributed by atoms with E-state index in [-0.39, 0.29) is 12.4 Å². The first-order valence-corrected chi connectivity index (χ1v) is 7.26. The fourth-order valence-corrected chi connectivity index (χ4v) is 2.76. The third-order valence-electron chi connectivity index (χ3n) is 3.88. The number of carbonyl (C=O) groups is 1. The lowest BCUT2D eigenvalue weighted by molar-refractivity contribution is 0.0989. The number of nitrogens with one attached hydrogen (secondary N) is 1. The lowest BCUT2D eigenvalue weighted by Crippen LogP contribution is -2.25. The van der Waals surface area contributed by atoms with Crippen LogP contribution in [0.3, 0.4) is 0 Å². The van der Waals surface area contributed by atoms with E-state index in [4.69, 9.17) is 5.11 Å². The molecule has 1 fully saturated rings. The van der Waals surface area contributed by atoms with E-state index in [1.54, 1.807) is 0 Å². The topological polar surface area (TPSA) is 49.3 Å². The van der Waals surface area contributed by atoms with E-state index < -0.39 is 0 Å². The minimum atomic E-state index is 0.0634. The minimum Gasteiger partial charge on any atom is -0.395 e. The molecule has 0 radical (unpaired) electrons. The Morgan fingerprint density at radius 3 is 2.47 bits per heavy atom. The van der Waals surface area contributed by atoms with E-state index >= 15 is 0 Å². The normalized spacial score (nSPS) is 16.5. The number of ketones is 1. The number of aliphatic hydroxyl groups excluding tert-OH is 1. The molecule has 1 aliphatic carbocycles. The van der Waals surface area contributed by atoms with Gasteiger partial charge in [-0.3, -0.25) is 4.79 Å². The minimum absolute atomic E-state index is 0.0634. The second-order valence-corrected chi connectivity index (χ2v) is 5.28. The summed E-state index contributed by atoms with van der Waals surface area (Å²) in [6, 6.07) is 8.09. The highest BCUT2D eigenvalue weighted by Crippen LogP contribution is 2.32. The number of rotatable bonds is 6. The summed E-state index contributed by atoms with van der Waals surface area (Å²) in [4.78, 5) is 11.9. The number of aliphatic hydroxyl groups is 1. The summed E-state index contributed by atoms with van der Waals surface area (Å²) < 4.78 is 0. The predicted octanol–water partition coefficient (Wildman–Crippen LogP) is 2.50. The summed E-state index contributed by atoms with van der Waals surface area (Å²) >= 11 is 0. The van der Waals surface area contributed by atoms with Gasteiger partial charge in [-0.15, -0.1) is 0 Å². The third-order valence-corrected chi connectivity index (χ3v) is 3.88. The average molecular weight is 261 g/mol. The summed E-state index contributed by atoms with van der Waals surface area (Å²) in [7, 11) is 0. The van der Waals surface area contributed by atoms with Crippen LogP contribution in [0.1, 0.15) is 53.9 Å². The second-order valence-electron chi connectivity index (χ2n) is 5.28. The highest BCUT2D eigenvalue weighted by atomic mass is 16.3. The summed E-state index contributed by atoms with van der Waals surface area (Å²) in [6.07, 6.45) is 6.59. The fourth-order valence-electron chi connectivity index (χ4n) is 2.76. The van der Waals surface area contributed by atoms with Crippen LogP contribution in [0.25, 0.3) is 0 Å². The van der Waals surface area contributed by atoms with Crippen LogP contribution in [-0.2, 0) is 0 Å². The molecule has 0 amide bonds. The zero-order valence-electron chi connectivity index (χ0n) is 11.4. The maximum Gasteiger partial charge on any atom is 0.176 e. The summed E-state index contributed by atoms with van der Waals surface area (Å²) in [5.74, 6) is 0.772. The van der Waals surface area contributed by atoms with Crippen molar-refractivity contribution >= 4 is 5.78 Å². The zero-order valence-corrected chi connectivity index (χ0v) is 11.4. The molecule has 0 aromatic heterocycles. The number of benzene rings is 1. The molecule has 3 nitrogen and oxygen atoms in total. The lowest BCUT2D eigenvalue weighted by Gasteiger charge is -2.22. The first-order valence-electron chi connectivity index (χ1n) is 7.26. The van der Waals surface area contributed by atoms with Crippen molar-refractivity contribution in [3.63, 3.8) is 0 Å². The number of carbonyl (C=O) groups excluding carboxylic acids is 1. The first kappa shape index (κ1) is 14.2. The van der Waals surface area contributed by atoms with Gasteiger partial charge in [0.2, 0.25) is 0 Å². The summed E-state index contributed by atoms with van der Waals surface area (Å²) in [5, 5.41) is 11.6. The van der Waals surface area contributed by atoms with Crippen LogP contribution in [0.15, 0.2) is 24.3 Å². The van der Waals surface area contributed by atoms with Crippen molar-refractivity contribution in [3.8, 4) is 0 Å². The quantitative estimate of drug-likeness (QED) is 0.611. The molecule has 2 N–H and O–H groups in total. The number of Topliss-reactive ketones (excluding diaryl/α,β-unsaturated/α-hetero) is 1. The molecule has 0 unspecified atom stereocenters. The van der Waals surface area contributed by atoms with Gasteiger partial charge in [-0.25, -0.2) is 0 Å². The van der Waals surface area contributed by atoms with Crippen LogP contribution in [0, 0.1) is 0 Å². The van der Waals surface area contributed by atoms with Crippen LogP contribution in [0.5, 0.6) is 0 Å². The van der Waals surface area contributed by atoms with Crippen molar-refractivity contribution in [2.45, 2.75) is 38.0 Å². The monoisotopic (exact) mass is 261 g/mol. The largest absolute Gasteiger partial charge is 0.395 e. The standard InChI is InChI=1S/C16H23NO2/c18-11-10-17-12-16(19)15-8-6-14(7-9-15)13-4-2-1-3-5-13/h6-9,13,17-18H,1-5,10-12H2. The van der Waals surface area contributed by atoms with Gasteiger partial charge in [-0.05, 0) is 24.3 Å². The molecule has 2 rings (SSSR count). The SMILES string of the molecule is O=C(CNCCO)c1ccc(C2CCCCC2)cc1. The van der Waals surface area contributed by atoms with Gasteiger partial charge in [0.1, 0.15) is 0 Å². The average Bonchev–Trinajstić information content (AvgIpc) is 2.48. The second kappa shape index (κ2) is 7.41. The van der Waals surface area contributed by atoms with Crippen molar-refractivity contribution in [3.05, 3.63) is 35.4 Å². The highest BCUT2D eigenvalue weighted by Gasteiger charge is 2.15. The summed E-state index contributed by atoms with van der Waals surface area (Å²) in [5.41, 5.74) is 2.13. The van der Waals surface area contributed by atoms with E-state index in [0.717, 1.165) is 5.56 Å². The molecule has 0 atom stereocenters. The van der Waals surface area contributed by atoms with Crippen molar-refractivity contribution in [2.24, 2.45) is 0 Å². The van der Waals surface area contributed by atoms with Gasteiger partial charge in [0.25, 0.3) is 0 Å². The highest BCUT2D eigenvalue weighted by molar-refractivity contribution is 5.97. The van der Waals surface area contributed by atoms with Gasteiger partial charge in [0, 0.05) is 12.1 Å². The molecule has 1 aliphatic rings. The van der Waals surface area contributed by atoms with Gasteiger partial charge in [-0.1, -0.05) is 43.5 Å². The fraction of sp³-hybridized carbons (Fsp3) is 0.562. The third kappa shape index (κ3) is 4.15. The zero-order chi connectivity index (χ0) is 13.5. The molecule has 1 saturated carbocycles. The van der Waals surface area contributed by atoms with Crippen LogP contribution < -0.4 is 5.32 Å². The molecule has 3 heteroatoms. The molecule has 19 heavy (non-hydrogen) atoms. The summed E-state index contributed by atoms with van der Waals surface area (Å²) in [6.45, 7) is 0.823. The van der Waals surface area contributed by atoms with Gasteiger partial charge in [0.15, 0.2) is 5.78 Å². The Morgan fingerprint density at radius 2 is 1.84 bits per heavy atom. The van der Waals surface area contributed by atoms with Crippen molar-refractivity contribution in [2.75, 3.05) is 19.7 Å². The van der Waals surface area contributed by atoms with Crippen LogP contribution >= 0.6 is 0 Å². The Balaban J connectivity index is 1.91. The molecular formula is C16H23NO2. The Bertz CT molecular complexity index is 394.